The van der Waals surface area contributed by atoms with Gasteiger partial charge in [0, 0.05) is 54.3 Å². The molecule has 42 heavy (non-hydrogen) atoms. The van der Waals surface area contributed by atoms with Gasteiger partial charge >= 0.3 is 0 Å². The number of thiophene rings is 1. The Morgan fingerprint density at radius 2 is 1.93 bits per heavy atom. The minimum Gasteiger partial charge on any atom is -0.365 e. The second-order valence-corrected chi connectivity index (χ2v) is 10.6. The number of alkyl halides is 2. The highest BCUT2D eigenvalue weighted by atomic mass is 32.1. The number of nitrogens with one attached hydrogen (secondary N) is 1. The van der Waals surface area contributed by atoms with Gasteiger partial charge in [0.05, 0.1) is 23.3 Å². The predicted molar refractivity (Wildman–Crippen MR) is 153 cm³/mol. The molecule has 0 aliphatic carbocycles. The van der Waals surface area contributed by atoms with Gasteiger partial charge in [0.25, 0.3) is 18.2 Å². The summed E-state index contributed by atoms with van der Waals surface area (Å²) in [6, 6.07) is 4.53. The number of anilines is 1. The number of hydrogen-bond donors (Lipinski definition) is 2. The van der Waals surface area contributed by atoms with Crippen molar-refractivity contribution < 1.29 is 18.4 Å². The number of pyridine rings is 1. The number of carbonyl (C=O) groups excluding carboxylic acids is 2. The molecule has 2 amide bonds. The van der Waals surface area contributed by atoms with E-state index in [2.05, 4.69) is 30.6 Å². The second-order valence-electron chi connectivity index (χ2n) is 9.59. The van der Waals surface area contributed by atoms with E-state index in [4.69, 9.17) is 5.73 Å². The molecular formula is C27H24F2N10O2S. The van der Waals surface area contributed by atoms with Crippen LogP contribution in [0.3, 0.4) is 0 Å². The smallest absolute Gasteiger partial charge is 0.280 e. The number of halogens is 2. The van der Waals surface area contributed by atoms with Crippen LogP contribution in [0.4, 0.5) is 14.5 Å². The van der Waals surface area contributed by atoms with Crippen molar-refractivity contribution in [3.05, 3.63) is 64.4 Å². The molecule has 0 saturated carbocycles. The van der Waals surface area contributed by atoms with Gasteiger partial charge in [-0.05, 0) is 38.5 Å². The fourth-order valence-corrected chi connectivity index (χ4v) is 6.02. The zero-order valence-corrected chi connectivity index (χ0v) is 23.7. The van der Waals surface area contributed by atoms with Gasteiger partial charge in [0.1, 0.15) is 15.4 Å². The Kier molecular flexibility index (Phi) is 6.52. The summed E-state index contributed by atoms with van der Waals surface area (Å²) in [6.45, 7) is 6.35. The molecule has 0 fully saturated rings. The van der Waals surface area contributed by atoms with Gasteiger partial charge in [-0.2, -0.15) is 15.3 Å². The molecule has 0 unspecified atom stereocenters. The molecule has 0 saturated heterocycles. The number of amides is 2. The van der Waals surface area contributed by atoms with Crippen molar-refractivity contribution in [1.82, 2.24) is 39.1 Å². The van der Waals surface area contributed by atoms with E-state index in [0.717, 1.165) is 22.6 Å². The van der Waals surface area contributed by atoms with Crippen molar-refractivity contribution in [2.45, 2.75) is 33.7 Å². The first-order valence-electron chi connectivity index (χ1n) is 12.8. The van der Waals surface area contributed by atoms with Crippen LogP contribution in [-0.4, -0.2) is 51.0 Å². The number of aromatic nitrogens is 8. The van der Waals surface area contributed by atoms with Gasteiger partial charge in [-0.15, -0.1) is 11.3 Å². The first kappa shape index (κ1) is 27.1. The molecule has 6 aromatic rings. The molecule has 0 aliphatic rings. The van der Waals surface area contributed by atoms with Crippen LogP contribution in [0, 0.1) is 13.8 Å². The third-order valence-corrected chi connectivity index (χ3v) is 8.04. The zero-order valence-electron chi connectivity index (χ0n) is 22.9. The highest BCUT2D eigenvalue weighted by molar-refractivity contribution is 7.21. The van der Waals surface area contributed by atoms with Crippen molar-refractivity contribution >= 4 is 44.7 Å². The number of nitrogens with two attached hydrogens (primary N) is 1. The summed E-state index contributed by atoms with van der Waals surface area (Å²) < 4.78 is 32.6. The molecule has 0 bridgehead atoms. The standard InChI is InChI=1S/C27H24F2N10O2S/c1-5-38-13(3)15(10-32-38)19-6-7-31-20-9-18(36-39(19)20)26(41)34-22-21-14(16-11-37(4)35-12(16)2)8-17(24(28)29)33-27(21)42-23(22)25(30)40/h6-11,24H,5H2,1-4H3,(H2,30,40)(H,34,41). The molecule has 0 aromatic carbocycles. The number of hydrogen-bond acceptors (Lipinski definition) is 8. The Hall–Kier alpha value is -5.05. The van der Waals surface area contributed by atoms with E-state index in [1.165, 1.54) is 12.1 Å². The first-order chi connectivity index (χ1) is 20.1. The van der Waals surface area contributed by atoms with Gasteiger partial charge in [-0.1, -0.05) is 0 Å². The second kappa shape index (κ2) is 10.1. The summed E-state index contributed by atoms with van der Waals surface area (Å²) >= 11 is 0.825. The maximum absolute atomic E-state index is 13.8. The fourth-order valence-electron chi connectivity index (χ4n) is 5.00. The van der Waals surface area contributed by atoms with Crippen molar-refractivity contribution in [2.75, 3.05) is 5.32 Å². The third-order valence-electron chi connectivity index (χ3n) is 6.94. The number of aryl methyl sites for hydroxylation is 3. The molecular weight excluding hydrogens is 566 g/mol. The van der Waals surface area contributed by atoms with Gasteiger partial charge in [0.2, 0.25) is 0 Å². The highest BCUT2D eigenvalue weighted by Crippen LogP contribution is 2.43. The summed E-state index contributed by atoms with van der Waals surface area (Å²) in [4.78, 5) is 34.6. The molecule has 6 rings (SSSR count). The van der Waals surface area contributed by atoms with Crippen molar-refractivity contribution in [3.8, 4) is 22.4 Å². The minimum absolute atomic E-state index is 0.0153. The molecule has 6 aromatic heterocycles. The van der Waals surface area contributed by atoms with E-state index in [-0.39, 0.29) is 21.1 Å². The molecule has 3 N–H and O–H groups in total. The van der Waals surface area contributed by atoms with E-state index in [9.17, 15) is 18.4 Å². The van der Waals surface area contributed by atoms with Crippen molar-refractivity contribution in [1.29, 1.82) is 0 Å². The van der Waals surface area contributed by atoms with Crippen LogP contribution >= 0.6 is 11.3 Å². The molecule has 6 heterocycles. The third kappa shape index (κ3) is 4.38. The van der Waals surface area contributed by atoms with E-state index >= 15 is 0 Å². The predicted octanol–water partition coefficient (Wildman–Crippen LogP) is 4.53. The first-order valence-corrected chi connectivity index (χ1v) is 13.6. The Labute approximate surface area is 240 Å². The maximum Gasteiger partial charge on any atom is 0.280 e. The summed E-state index contributed by atoms with van der Waals surface area (Å²) in [7, 11) is 1.70. The van der Waals surface area contributed by atoms with Gasteiger partial charge in [-0.3, -0.25) is 19.0 Å². The van der Waals surface area contributed by atoms with Gasteiger partial charge < -0.3 is 11.1 Å². The molecule has 214 valence electrons. The lowest BCUT2D eigenvalue weighted by atomic mass is 10.0. The van der Waals surface area contributed by atoms with Crippen LogP contribution in [0.25, 0.3) is 38.2 Å². The van der Waals surface area contributed by atoms with Gasteiger partial charge in [0.15, 0.2) is 11.3 Å². The minimum atomic E-state index is -2.87. The Morgan fingerprint density at radius 1 is 1.14 bits per heavy atom. The number of nitrogens with zero attached hydrogens (tertiary/aromatic N) is 8. The largest absolute Gasteiger partial charge is 0.365 e. The molecule has 0 atom stereocenters. The van der Waals surface area contributed by atoms with Crippen LogP contribution < -0.4 is 11.1 Å². The van der Waals surface area contributed by atoms with Crippen molar-refractivity contribution in [2.24, 2.45) is 12.8 Å². The lowest BCUT2D eigenvalue weighted by molar-refractivity contribution is 0.100. The van der Waals surface area contributed by atoms with Crippen LogP contribution in [0.5, 0.6) is 0 Å². The molecule has 15 heteroatoms. The normalized spacial score (nSPS) is 11.7. The summed E-state index contributed by atoms with van der Waals surface area (Å²) in [5, 5.41) is 16.3. The maximum atomic E-state index is 13.8. The average Bonchev–Trinajstić information content (AvgIpc) is 3.72. The van der Waals surface area contributed by atoms with E-state index < -0.39 is 23.9 Å². The number of primary amides is 1. The lowest BCUT2D eigenvalue weighted by Crippen LogP contribution is -2.17. The number of carbonyl (C=O) groups is 2. The van der Waals surface area contributed by atoms with Crippen LogP contribution in [0.15, 0.2) is 36.8 Å². The van der Waals surface area contributed by atoms with Crippen LogP contribution in [-0.2, 0) is 13.6 Å². The zero-order chi connectivity index (χ0) is 29.9. The lowest BCUT2D eigenvalue weighted by Gasteiger charge is -2.10. The summed E-state index contributed by atoms with van der Waals surface area (Å²) in [6.07, 6.45) is 2.15. The van der Waals surface area contributed by atoms with E-state index in [1.54, 1.807) is 47.8 Å². The van der Waals surface area contributed by atoms with Crippen LogP contribution in [0.1, 0.15) is 50.6 Å². The average molecular weight is 591 g/mol. The topological polar surface area (TPSA) is 151 Å². The molecule has 0 aliphatic heterocycles. The number of rotatable bonds is 7. The SMILES string of the molecule is CCn1ncc(-c2ccnc3cc(C(=O)Nc4c(C(N)=O)sc5nc(C(F)F)cc(-c6cn(C)nc6C)c45)nn23)c1C. The monoisotopic (exact) mass is 590 g/mol. The quantitative estimate of drug-likeness (QED) is 0.277. The molecule has 12 nitrogen and oxygen atoms in total. The number of fused-ring (bicyclic) bond motifs is 2. The van der Waals surface area contributed by atoms with E-state index in [0.29, 0.717) is 40.1 Å². The molecule has 0 radical (unpaired) electrons. The molecule has 0 spiro atoms. The van der Waals surface area contributed by atoms with Crippen LogP contribution in [0.2, 0.25) is 0 Å². The Balaban J connectivity index is 1.49. The highest BCUT2D eigenvalue weighted by Gasteiger charge is 2.27. The summed E-state index contributed by atoms with van der Waals surface area (Å²) in [5.41, 5.74) is 9.58. The summed E-state index contributed by atoms with van der Waals surface area (Å²) in [5.74, 6) is -1.50. The Bertz CT molecular complexity index is 2040. The van der Waals surface area contributed by atoms with Crippen molar-refractivity contribution in [3.63, 3.8) is 0 Å². The van der Waals surface area contributed by atoms with Gasteiger partial charge in [-0.25, -0.2) is 23.3 Å². The Morgan fingerprint density at radius 3 is 2.57 bits per heavy atom. The van der Waals surface area contributed by atoms with E-state index in [1.807, 2.05) is 18.5 Å². The fraction of sp³-hybridized carbons (Fsp3) is 0.222.